The maximum atomic E-state index is 13.8. The minimum atomic E-state index is -0.917. The summed E-state index contributed by atoms with van der Waals surface area (Å²) < 4.78 is 40.0. The van der Waals surface area contributed by atoms with Gasteiger partial charge in [-0.1, -0.05) is 19.1 Å². The van der Waals surface area contributed by atoms with Gasteiger partial charge in [-0.15, -0.1) is 0 Å². The van der Waals surface area contributed by atoms with E-state index in [1.54, 1.807) is 0 Å². The Morgan fingerprint density at radius 1 is 1.16 bits per heavy atom. The second kappa shape index (κ2) is 5.84. The van der Waals surface area contributed by atoms with Gasteiger partial charge in [0.2, 0.25) is 0 Å². The molecule has 1 unspecified atom stereocenters. The maximum Gasteiger partial charge on any atom is 0.163 e. The first-order valence-electron chi connectivity index (χ1n) is 5.92. The third-order valence-electron chi connectivity index (χ3n) is 2.75. The van der Waals surface area contributed by atoms with Gasteiger partial charge in [-0.25, -0.2) is 13.2 Å². The molecule has 2 rings (SSSR count). The van der Waals surface area contributed by atoms with Crippen molar-refractivity contribution < 1.29 is 13.2 Å². The van der Waals surface area contributed by atoms with Gasteiger partial charge in [-0.2, -0.15) is 0 Å². The molecule has 1 aromatic carbocycles. The Hall–Kier alpha value is -1.88. The smallest absolute Gasteiger partial charge is 0.163 e. The summed E-state index contributed by atoms with van der Waals surface area (Å²) in [5, 5.41) is 3.01. The minimum Gasteiger partial charge on any atom is -0.305 e. The van der Waals surface area contributed by atoms with Crippen LogP contribution in [0, 0.1) is 17.5 Å². The Balaban J connectivity index is 2.45. The standard InChI is InChI=1S/C14H13F3N2/c1-2-18-14(12-7-6-9(15)8-19-12)10-4-3-5-11(16)13(10)17/h3-8,14,18H,2H2,1H3. The van der Waals surface area contributed by atoms with E-state index in [-0.39, 0.29) is 5.56 Å². The number of halogens is 3. The van der Waals surface area contributed by atoms with E-state index in [2.05, 4.69) is 10.3 Å². The Labute approximate surface area is 109 Å². The van der Waals surface area contributed by atoms with Crippen molar-refractivity contribution >= 4 is 0 Å². The van der Waals surface area contributed by atoms with Crippen LogP contribution in [0.2, 0.25) is 0 Å². The van der Waals surface area contributed by atoms with Crippen LogP contribution >= 0.6 is 0 Å². The molecule has 0 aliphatic rings. The van der Waals surface area contributed by atoms with E-state index >= 15 is 0 Å². The molecule has 0 bridgehead atoms. The fourth-order valence-corrected chi connectivity index (χ4v) is 1.88. The molecule has 0 aliphatic heterocycles. The number of nitrogens with zero attached hydrogens (tertiary/aromatic N) is 1. The fraction of sp³-hybridized carbons (Fsp3) is 0.214. The number of hydrogen-bond donors (Lipinski definition) is 1. The first-order valence-corrected chi connectivity index (χ1v) is 5.92. The van der Waals surface area contributed by atoms with Crippen molar-refractivity contribution in [2.24, 2.45) is 0 Å². The van der Waals surface area contributed by atoms with Crippen molar-refractivity contribution in [2.75, 3.05) is 6.54 Å². The monoisotopic (exact) mass is 266 g/mol. The minimum absolute atomic E-state index is 0.154. The van der Waals surface area contributed by atoms with Crippen LogP contribution in [-0.2, 0) is 0 Å². The van der Waals surface area contributed by atoms with Crippen LogP contribution < -0.4 is 5.32 Å². The van der Waals surface area contributed by atoms with Crippen molar-refractivity contribution in [2.45, 2.75) is 13.0 Å². The lowest BCUT2D eigenvalue weighted by Gasteiger charge is -2.18. The fourth-order valence-electron chi connectivity index (χ4n) is 1.88. The number of rotatable bonds is 4. The molecule has 1 aromatic heterocycles. The molecular weight excluding hydrogens is 253 g/mol. The maximum absolute atomic E-state index is 13.8. The van der Waals surface area contributed by atoms with E-state index in [0.717, 1.165) is 12.3 Å². The van der Waals surface area contributed by atoms with Gasteiger partial charge >= 0.3 is 0 Å². The predicted molar refractivity (Wildman–Crippen MR) is 66.1 cm³/mol. The van der Waals surface area contributed by atoms with Crippen LogP contribution in [0.15, 0.2) is 36.5 Å². The van der Waals surface area contributed by atoms with E-state index < -0.39 is 23.5 Å². The first kappa shape index (κ1) is 13.5. The summed E-state index contributed by atoms with van der Waals surface area (Å²) in [5.74, 6) is -2.30. The van der Waals surface area contributed by atoms with Gasteiger partial charge in [0, 0.05) is 5.56 Å². The molecule has 19 heavy (non-hydrogen) atoms. The summed E-state index contributed by atoms with van der Waals surface area (Å²) in [4.78, 5) is 3.92. The zero-order valence-electron chi connectivity index (χ0n) is 10.3. The number of aromatic nitrogens is 1. The van der Waals surface area contributed by atoms with Crippen LogP contribution in [0.5, 0.6) is 0 Å². The quantitative estimate of drug-likeness (QED) is 0.919. The van der Waals surface area contributed by atoms with Crippen LogP contribution in [0.3, 0.4) is 0 Å². The zero-order chi connectivity index (χ0) is 13.8. The first-order chi connectivity index (χ1) is 9.13. The van der Waals surface area contributed by atoms with E-state index in [9.17, 15) is 13.2 Å². The lowest BCUT2D eigenvalue weighted by molar-refractivity contribution is 0.480. The van der Waals surface area contributed by atoms with E-state index in [1.165, 1.54) is 24.3 Å². The molecule has 0 radical (unpaired) electrons. The molecular formula is C14H13F3N2. The summed E-state index contributed by atoms with van der Waals surface area (Å²) in [6.07, 6.45) is 1.05. The van der Waals surface area contributed by atoms with Crippen LogP contribution in [0.4, 0.5) is 13.2 Å². The molecule has 2 aromatic rings. The molecule has 1 N–H and O–H groups in total. The van der Waals surface area contributed by atoms with E-state index in [0.29, 0.717) is 12.2 Å². The van der Waals surface area contributed by atoms with Gasteiger partial charge in [0.05, 0.1) is 17.9 Å². The summed E-state index contributed by atoms with van der Waals surface area (Å²) >= 11 is 0. The number of benzene rings is 1. The van der Waals surface area contributed by atoms with Crippen molar-refractivity contribution in [3.8, 4) is 0 Å². The Bertz CT molecular complexity index is 555. The molecule has 0 spiro atoms. The van der Waals surface area contributed by atoms with Crippen LogP contribution in [0.25, 0.3) is 0 Å². The molecule has 0 saturated carbocycles. The molecule has 0 saturated heterocycles. The topological polar surface area (TPSA) is 24.9 Å². The van der Waals surface area contributed by atoms with Crippen LogP contribution in [0.1, 0.15) is 24.2 Å². The van der Waals surface area contributed by atoms with E-state index in [4.69, 9.17) is 0 Å². The molecule has 5 heteroatoms. The molecule has 0 fully saturated rings. The Morgan fingerprint density at radius 2 is 1.95 bits per heavy atom. The molecule has 1 atom stereocenters. The van der Waals surface area contributed by atoms with Gasteiger partial charge in [0.25, 0.3) is 0 Å². The predicted octanol–water partition coefficient (Wildman–Crippen LogP) is 3.20. The van der Waals surface area contributed by atoms with Crippen molar-refractivity contribution in [1.82, 2.24) is 10.3 Å². The third-order valence-corrected chi connectivity index (χ3v) is 2.75. The second-order valence-corrected chi connectivity index (χ2v) is 4.04. The van der Waals surface area contributed by atoms with Crippen molar-refractivity contribution in [3.63, 3.8) is 0 Å². The summed E-state index contributed by atoms with van der Waals surface area (Å²) in [6.45, 7) is 2.38. The third kappa shape index (κ3) is 2.93. The van der Waals surface area contributed by atoms with Gasteiger partial charge in [0.1, 0.15) is 5.82 Å². The molecule has 2 nitrogen and oxygen atoms in total. The lowest BCUT2D eigenvalue weighted by atomic mass is 10.0. The molecule has 100 valence electrons. The van der Waals surface area contributed by atoms with Gasteiger partial charge < -0.3 is 5.32 Å². The van der Waals surface area contributed by atoms with Gasteiger partial charge in [-0.3, -0.25) is 4.98 Å². The highest BCUT2D eigenvalue weighted by Crippen LogP contribution is 2.24. The van der Waals surface area contributed by atoms with Crippen molar-refractivity contribution in [3.05, 3.63) is 65.2 Å². The normalized spacial score (nSPS) is 12.4. The average Bonchev–Trinajstić information content (AvgIpc) is 2.41. The molecule has 0 amide bonds. The largest absolute Gasteiger partial charge is 0.305 e. The number of pyridine rings is 1. The number of hydrogen-bond acceptors (Lipinski definition) is 2. The lowest BCUT2D eigenvalue weighted by Crippen LogP contribution is -2.24. The highest BCUT2D eigenvalue weighted by Gasteiger charge is 2.20. The zero-order valence-corrected chi connectivity index (χ0v) is 10.3. The Kier molecular flexibility index (Phi) is 4.16. The van der Waals surface area contributed by atoms with Gasteiger partial charge in [0.15, 0.2) is 11.6 Å². The average molecular weight is 266 g/mol. The summed E-state index contributed by atoms with van der Waals surface area (Å²) in [6, 6.07) is 6.05. The number of nitrogens with one attached hydrogen (secondary N) is 1. The molecule has 0 aliphatic carbocycles. The SMILES string of the molecule is CCNC(c1ccc(F)cn1)c1cccc(F)c1F. The summed E-state index contributed by atoms with van der Waals surface area (Å²) in [7, 11) is 0. The second-order valence-electron chi connectivity index (χ2n) is 4.04. The highest BCUT2D eigenvalue weighted by atomic mass is 19.2. The summed E-state index contributed by atoms with van der Waals surface area (Å²) in [5.41, 5.74) is 0.591. The van der Waals surface area contributed by atoms with Crippen LogP contribution in [-0.4, -0.2) is 11.5 Å². The van der Waals surface area contributed by atoms with E-state index in [1.807, 2.05) is 6.92 Å². The van der Waals surface area contributed by atoms with Gasteiger partial charge in [-0.05, 0) is 24.7 Å². The van der Waals surface area contributed by atoms with Crippen molar-refractivity contribution in [1.29, 1.82) is 0 Å². The molecule has 1 heterocycles. The highest BCUT2D eigenvalue weighted by molar-refractivity contribution is 5.29. The Morgan fingerprint density at radius 3 is 2.58 bits per heavy atom.